The molecule has 0 fully saturated rings. The molecule has 0 saturated carbocycles. The van der Waals surface area contributed by atoms with Gasteiger partial charge in [-0.05, 0) is 33.3 Å². The number of amides is 2. The summed E-state index contributed by atoms with van der Waals surface area (Å²) in [5.41, 5.74) is 1.11. The fourth-order valence-corrected chi connectivity index (χ4v) is 2.25. The van der Waals surface area contributed by atoms with Crippen molar-refractivity contribution in [1.82, 2.24) is 15.5 Å². The third kappa shape index (κ3) is 6.06. The molecule has 1 rings (SSSR count). The van der Waals surface area contributed by atoms with Gasteiger partial charge in [0, 0.05) is 31.7 Å². The molecule has 20 heavy (non-hydrogen) atoms. The Balaban J connectivity index is 2.23. The fourth-order valence-electron chi connectivity index (χ4n) is 2.25. The average molecular weight is 277 g/mol. The summed E-state index contributed by atoms with van der Waals surface area (Å²) in [6.07, 6.45) is 0. The van der Waals surface area contributed by atoms with E-state index in [1.54, 1.807) is 0 Å². The minimum atomic E-state index is -0.110. The highest BCUT2D eigenvalue weighted by Crippen LogP contribution is 2.03. The van der Waals surface area contributed by atoms with Crippen LogP contribution in [0.4, 0.5) is 4.79 Å². The summed E-state index contributed by atoms with van der Waals surface area (Å²) < 4.78 is 0. The molecule has 0 atom stereocenters. The Morgan fingerprint density at radius 1 is 1.05 bits per heavy atom. The number of hydrogen-bond acceptors (Lipinski definition) is 2. The van der Waals surface area contributed by atoms with Gasteiger partial charge in [0.1, 0.15) is 0 Å². The molecule has 0 radical (unpaired) electrons. The van der Waals surface area contributed by atoms with Crippen molar-refractivity contribution in [2.75, 3.05) is 13.1 Å². The second-order valence-electron chi connectivity index (χ2n) is 5.52. The molecule has 0 aliphatic carbocycles. The second-order valence-corrected chi connectivity index (χ2v) is 5.52. The number of rotatable bonds is 7. The third-order valence-corrected chi connectivity index (χ3v) is 3.28. The van der Waals surface area contributed by atoms with Crippen molar-refractivity contribution >= 4 is 6.03 Å². The second kappa shape index (κ2) is 8.59. The standard InChI is InChI=1S/C16H27N3O/c1-13(2)19(14(3)4)11-10-17-16(20)18-12-15-8-6-5-7-9-15/h5-9,13-14H,10-12H2,1-4H3,(H2,17,18,20). The number of urea groups is 1. The SMILES string of the molecule is CC(C)N(CCNC(=O)NCc1ccccc1)C(C)C. The number of nitrogens with one attached hydrogen (secondary N) is 2. The fraction of sp³-hybridized carbons (Fsp3) is 0.562. The Hall–Kier alpha value is -1.55. The van der Waals surface area contributed by atoms with E-state index >= 15 is 0 Å². The van der Waals surface area contributed by atoms with E-state index in [9.17, 15) is 4.79 Å². The van der Waals surface area contributed by atoms with Crippen molar-refractivity contribution in [3.8, 4) is 0 Å². The summed E-state index contributed by atoms with van der Waals surface area (Å²) in [5.74, 6) is 0. The van der Waals surface area contributed by atoms with Crippen LogP contribution in [0.1, 0.15) is 33.3 Å². The first-order chi connectivity index (χ1) is 9.50. The lowest BCUT2D eigenvalue weighted by Gasteiger charge is -2.30. The van der Waals surface area contributed by atoms with E-state index in [2.05, 4.69) is 43.2 Å². The summed E-state index contributed by atoms with van der Waals surface area (Å²) in [7, 11) is 0. The lowest BCUT2D eigenvalue weighted by molar-refractivity contribution is 0.175. The monoisotopic (exact) mass is 277 g/mol. The van der Waals surface area contributed by atoms with Crippen LogP contribution in [-0.2, 0) is 6.54 Å². The number of hydrogen-bond donors (Lipinski definition) is 2. The Bertz CT molecular complexity index is 382. The van der Waals surface area contributed by atoms with Crippen LogP contribution in [0.3, 0.4) is 0 Å². The largest absolute Gasteiger partial charge is 0.337 e. The molecule has 0 aliphatic rings. The summed E-state index contributed by atoms with van der Waals surface area (Å²) in [5, 5.41) is 5.76. The number of nitrogens with zero attached hydrogens (tertiary/aromatic N) is 1. The van der Waals surface area contributed by atoms with Gasteiger partial charge >= 0.3 is 6.03 Å². The maximum Gasteiger partial charge on any atom is 0.315 e. The minimum absolute atomic E-state index is 0.110. The van der Waals surface area contributed by atoms with E-state index in [0.29, 0.717) is 25.2 Å². The van der Waals surface area contributed by atoms with Gasteiger partial charge in [0.2, 0.25) is 0 Å². The molecule has 0 heterocycles. The van der Waals surface area contributed by atoms with E-state index in [4.69, 9.17) is 0 Å². The molecule has 0 saturated heterocycles. The summed E-state index contributed by atoms with van der Waals surface area (Å²) in [6, 6.07) is 10.8. The molecule has 0 aliphatic heterocycles. The Kier molecular flexibility index (Phi) is 7.09. The zero-order valence-electron chi connectivity index (χ0n) is 13.0. The Morgan fingerprint density at radius 3 is 2.20 bits per heavy atom. The van der Waals surface area contributed by atoms with E-state index in [-0.39, 0.29) is 6.03 Å². The molecule has 112 valence electrons. The Labute approximate surface area is 122 Å². The quantitative estimate of drug-likeness (QED) is 0.804. The van der Waals surface area contributed by atoms with Crippen molar-refractivity contribution in [2.45, 2.75) is 46.3 Å². The molecule has 2 amide bonds. The number of benzene rings is 1. The highest BCUT2D eigenvalue weighted by Gasteiger charge is 2.12. The predicted molar refractivity (Wildman–Crippen MR) is 83.7 cm³/mol. The number of carbonyl (C=O) groups is 1. The van der Waals surface area contributed by atoms with Crippen LogP contribution in [0.25, 0.3) is 0 Å². The summed E-state index contributed by atoms with van der Waals surface area (Å²) in [4.78, 5) is 14.1. The molecule has 0 spiro atoms. The molecule has 0 bridgehead atoms. The molecule has 2 N–H and O–H groups in total. The summed E-state index contributed by atoms with van der Waals surface area (Å²) in [6.45, 7) is 10.8. The molecule has 0 aromatic heterocycles. The van der Waals surface area contributed by atoms with Crippen LogP contribution in [0.5, 0.6) is 0 Å². The molecule has 1 aromatic carbocycles. The van der Waals surface area contributed by atoms with E-state index in [1.165, 1.54) is 0 Å². The van der Waals surface area contributed by atoms with Gasteiger partial charge in [-0.3, -0.25) is 4.90 Å². The first-order valence-electron chi connectivity index (χ1n) is 7.32. The lowest BCUT2D eigenvalue weighted by atomic mass is 10.2. The van der Waals surface area contributed by atoms with Gasteiger partial charge in [-0.1, -0.05) is 30.3 Å². The molecular formula is C16H27N3O. The van der Waals surface area contributed by atoms with Crippen molar-refractivity contribution < 1.29 is 4.79 Å². The zero-order valence-corrected chi connectivity index (χ0v) is 13.0. The summed E-state index contributed by atoms with van der Waals surface area (Å²) >= 11 is 0. The predicted octanol–water partition coefficient (Wildman–Crippen LogP) is 2.60. The molecule has 0 unspecified atom stereocenters. The molecular weight excluding hydrogens is 250 g/mol. The van der Waals surface area contributed by atoms with Gasteiger partial charge in [-0.25, -0.2) is 4.79 Å². The van der Waals surface area contributed by atoms with E-state index in [1.807, 2.05) is 30.3 Å². The Morgan fingerprint density at radius 2 is 1.65 bits per heavy atom. The maximum atomic E-state index is 11.7. The first-order valence-corrected chi connectivity index (χ1v) is 7.32. The average Bonchev–Trinajstić information content (AvgIpc) is 2.41. The van der Waals surface area contributed by atoms with Crippen LogP contribution in [0.15, 0.2) is 30.3 Å². The van der Waals surface area contributed by atoms with Crippen molar-refractivity contribution in [3.63, 3.8) is 0 Å². The van der Waals surface area contributed by atoms with Gasteiger partial charge in [-0.15, -0.1) is 0 Å². The van der Waals surface area contributed by atoms with Gasteiger partial charge in [0.15, 0.2) is 0 Å². The van der Waals surface area contributed by atoms with Crippen LogP contribution in [0, 0.1) is 0 Å². The minimum Gasteiger partial charge on any atom is -0.337 e. The number of carbonyl (C=O) groups excluding carboxylic acids is 1. The van der Waals surface area contributed by atoms with Crippen molar-refractivity contribution in [2.24, 2.45) is 0 Å². The van der Waals surface area contributed by atoms with E-state index < -0.39 is 0 Å². The van der Waals surface area contributed by atoms with Crippen molar-refractivity contribution in [1.29, 1.82) is 0 Å². The lowest BCUT2D eigenvalue weighted by Crippen LogP contribution is -2.44. The van der Waals surface area contributed by atoms with Gasteiger partial charge < -0.3 is 10.6 Å². The maximum absolute atomic E-state index is 11.7. The van der Waals surface area contributed by atoms with Gasteiger partial charge in [0.25, 0.3) is 0 Å². The van der Waals surface area contributed by atoms with Gasteiger partial charge in [-0.2, -0.15) is 0 Å². The molecule has 4 nitrogen and oxygen atoms in total. The van der Waals surface area contributed by atoms with Crippen LogP contribution >= 0.6 is 0 Å². The van der Waals surface area contributed by atoms with Crippen molar-refractivity contribution in [3.05, 3.63) is 35.9 Å². The van der Waals surface area contributed by atoms with Crippen LogP contribution in [0.2, 0.25) is 0 Å². The highest BCUT2D eigenvalue weighted by molar-refractivity contribution is 5.73. The topological polar surface area (TPSA) is 44.4 Å². The zero-order chi connectivity index (χ0) is 15.0. The highest BCUT2D eigenvalue weighted by atomic mass is 16.2. The van der Waals surface area contributed by atoms with Crippen LogP contribution in [-0.4, -0.2) is 36.1 Å². The normalized spacial score (nSPS) is 11.2. The van der Waals surface area contributed by atoms with E-state index in [0.717, 1.165) is 12.1 Å². The third-order valence-electron chi connectivity index (χ3n) is 3.28. The smallest absolute Gasteiger partial charge is 0.315 e. The molecule has 1 aromatic rings. The first kappa shape index (κ1) is 16.5. The van der Waals surface area contributed by atoms with Gasteiger partial charge in [0.05, 0.1) is 0 Å². The molecule has 4 heteroatoms. The van der Waals surface area contributed by atoms with Crippen LogP contribution < -0.4 is 10.6 Å².